The van der Waals surface area contributed by atoms with Crippen LogP contribution in [0.3, 0.4) is 0 Å². The van der Waals surface area contributed by atoms with E-state index >= 15 is 0 Å². The first-order valence-electron chi connectivity index (χ1n) is 6.41. The highest BCUT2D eigenvalue weighted by Gasteiger charge is 2.23. The van der Waals surface area contributed by atoms with E-state index in [0.717, 1.165) is 22.1 Å². The highest BCUT2D eigenvalue weighted by molar-refractivity contribution is 9.10. The lowest BCUT2D eigenvalue weighted by atomic mass is 9.98. The molecule has 1 aliphatic rings. The number of nitrogens with two attached hydrogens (primary N) is 1. The lowest BCUT2D eigenvalue weighted by Crippen LogP contribution is -2.36. The molecule has 0 radical (unpaired) electrons. The largest absolute Gasteiger partial charge is 0.398 e. The van der Waals surface area contributed by atoms with Gasteiger partial charge in [-0.2, -0.15) is 0 Å². The van der Waals surface area contributed by atoms with Crippen molar-refractivity contribution in [1.29, 1.82) is 0 Å². The van der Waals surface area contributed by atoms with Gasteiger partial charge in [-0.1, -0.05) is 12.1 Å². The molecule has 0 atom stereocenters. The topological polar surface area (TPSA) is 59.2 Å². The molecule has 0 aliphatic carbocycles. The Balaban J connectivity index is 1.87. The number of carbonyl (C=O) groups excluding carboxylic acids is 1. The number of halogens is 1. The number of aromatic nitrogens is 1. The Bertz CT molecular complexity index is 672. The molecule has 0 spiro atoms. The van der Waals surface area contributed by atoms with E-state index in [2.05, 4.69) is 27.0 Å². The number of hydrogen-bond donors (Lipinski definition) is 1. The number of nitrogens with zero attached hydrogens (tertiary/aromatic N) is 2. The normalized spacial score (nSPS) is 13.9. The van der Waals surface area contributed by atoms with Crippen molar-refractivity contribution in [2.24, 2.45) is 0 Å². The molecule has 2 N–H and O–H groups in total. The van der Waals surface area contributed by atoms with Gasteiger partial charge in [0.25, 0.3) is 5.91 Å². The molecular weight excluding hydrogens is 318 g/mol. The molecule has 1 aliphatic heterocycles. The van der Waals surface area contributed by atoms with Crippen molar-refractivity contribution < 1.29 is 4.79 Å². The zero-order valence-corrected chi connectivity index (χ0v) is 12.4. The van der Waals surface area contributed by atoms with Gasteiger partial charge in [-0.25, -0.2) is 0 Å². The molecule has 2 heterocycles. The fourth-order valence-corrected chi connectivity index (χ4v) is 2.86. The zero-order chi connectivity index (χ0) is 14.1. The Hall–Kier alpha value is -1.88. The summed E-state index contributed by atoms with van der Waals surface area (Å²) >= 11 is 3.34. The third-order valence-electron chi connectivity index (χ3n) is 3.55. The number of fused-ring (bicyclic) bond motifs is 1. The van der Waals surface area contributed by atoms with Gasteiger partial charge < -0.3 is 10.6 Å². The minimum atomic E-state index is -0.00676. The first-order chi connectivity index (χ1) is 9.65. The van der Waals surface area contributed by atoms with E-state index in [9.17, 15) is 4.79 Å². The molecule has 0 saturated heterocycles. The Morgan fingerprint density at radius 3 is 3.00 bits per heavy atom. The summed E-state index contributed by atoms with van der Waals surface area (Å²) in [6.45, 7) is 1.27. The van der Waals surface area contributed by atoms with E-state index in [1.807, 2.05) is 17.0 Å². The maximum absolute atomic E-state index is 12.5. The molecular formula is C15H14BrN3O. The molecule has 4 nitrogen and oxygen atoms in total. The molecule has 0 unspecified atom stereocenters. The minimum Gasteiger partial charge on any atom is -0.398 e. The predicted molar refractivity (Wildman–Crippen MR) is 81.2 cm³/mol. The molecule has 102 valence electrons. The molecule has 0 bridgehead atoms. The van der Waals surface area contributed by atoms with Crippen molar-refractivity contribution >= 4 is 27.5 Å². The summed E-state index contributed by atoms with van der Waals surface area (Å²) in [5.74, 6) is -0.00676. The SMILES string of the molecule is Nc1cccc2c1CN(C(=O)c1cncc(Br)c1)CC2. The second-order valence-corrected chi connectivity index (χ2v) is 5.77. The van der Waals surface area contributed by atoms with Crippen LogP contribution in [0.2, 0.25) is 0 Å². The maximum Gasteiger partial charge on any atom is 0.255 e. The van der Waals surface area contributed by atoms with Gasteiger partial charge in [0.2, 0.25) is 0 Å². The molecule has 1 aromatic carbocycles. The number of rotatable bonds is 1. The molecule has 1 aromatic heterocycles. The summed E-state index contributed by atoms with van der Waals surface area (Å²) in [5, 5.41) is 0. The molecule has 20 heavy (non-hydrogen) atoms. The standard InChI is InChI=1S/C15H14BrN3O/c16-12-6-11(7-18-8-12)15(20)19-5-4-10-2-1-3-14(17)13(10)9-19/h1-3,6-8H,4-5,9,17H2. The van der Waals surface area contributed by atoms with Crippen LogP contribution in [0.15, 0.2) is 41.1 Å². The summed E-state index contributed by atoms with van der Waals surface area (Å²) in [4.78, 5) is 18.4. The third kappa shape index (κ3) is 2.41. The quantitative estimate of drug-likeness (QED) is 0.817. The van der Waals surface area contributed by atoms with Crippen LogP contribution in [0.4, 0.5) is 5.69 Å². The Kier molecular flexibility index (Phi) is 3.44. The summed E-state index contributed by atoms with van der Waals surface area (Å²) in [6, 6.07) is 7.71. The van der Waals surface area contributed by atoms with Gasteiger partial charge in [0, 0.05) is 35.6 Å². The van der Waals surface area contributed by atoms with E-state index in [4.69, 9.17) is 5.73 Å². The second-order valence-electron chi connectivity index (χ2n) is 4.85. The maximum atomic E-state index is 12.5. The smallest absolute Gasteiger partial charge is 0.255 e. The van der Waals surface area contributed by atoms with Crippen molar-refractivity contribution in [2.75, 3.05) is 12.3 Å². The number of anilines is 1. The van der Waals surface area contributed by atoms with Gasteiger partial charge >= 0.3 is 0 Å². The van der Waals surface area contributed by atoms with Crippen LogP contribution in [0.5, 0.6) is 0 Å². The summed E-state index contributed by atoms with van der Waals surface area (Å²) in [7, 11) is 0. The van der Waals surface area contributed by atoms with Crippen molar-refractivity contribution in [3.8, 4) is 0 Å². The van der Waals surface area contributed by atoms with Gasteiger partial charge in [-0.05, 0) is 45.6 Å². The fraction of sp³-hybridized carbons (Fsp3) is 0.200. The van der Waals surface area contributed by atoms with Gasteiger partial charge in [0.1, 0.15) is 0 Å². The number of hydrogen-bond acceptors (Lipinski definition) is 3. The van der Waals surface area contributed by atoms with Crippen LogP contribution < -0.4 is 5.73 Å². The van der Waals surface area contributed by atoms with E-state index in [0.29, 0.717) is 18.7 Å². The number of pyridine rings is 1. The second kappa shape index (κ2) is 5.25. The zero-order valence-electron chi connectivity index (χ0n) is 10.8. The minimum absolute atomic E-state index is 0.00676. The number of amides is 1. The average Bonchev–Trinajstić information content (AvgIpc) is 2.47. The lowest BCUT2D eigenvalue weighted by Gasteiger charge is -2.29. The van der Waals surface area contributed by atoms with Gasteiger partial charge in [-0.15, -0.1) is 0 Å². The van der Waals surface area contributed by atoms with Crippen molar-refractivity contribution in [3.63, 3.8) is 0 Å². The average molecular weight is 332 g/mol. The first-order valence-corrected chi connectivity index (χ1v) is 7.20. The highest BCUT2D eigenvalue weighted by Crippen LogP contribution is 2.25. The molecule has 3 rings (SSSR count). The summed E-state index contributed by atoms with van der Waals surface area (Å²) in [6.07, 6.45) is 4.10. The molecule has 1 amide bonds. The molecule has 5 heteroatoms. The number of benzene rings is 1. The first kappa shape index (κ1) is 13.1. The van der Waals surface area contributed by atoms with Crippen molar-refractivity contribution in [1.82, 2.24) is 9.88 Å². The molecule has 2 aromatic rings. The van der Waals surface area contributed by atoms with E-state index in [1.165, 1.54) is 5.56 Å². The van der Waals surface area contributed by atoms with Crippen LogP contribution in [0.1, 0.15) is 21.5 Å². The van der Waals surface area contributed by atoms with Crippen molar-refractivity contribution in [3.05, 3.63) is 57.8 Å². The lowest BCUT2D eigenvalue weighted by molar-refractivity contribution is 0.0734. The highest BCUT2D eigenvalue weighted by atomic mass is 79.9. The van der Waals surface area contributed by atoms with Crippen LogP contribution >= 0.6 is 15.9 Å². The monoisotopic (exact) mass is 331 g/mol. The van der Waals surface area contributed by atoms with Gasteiger partial charge in [-0.3, -0.25) is 9.78 Å². The number of nitrogen functional groups attached to an aromatic ring is 1. The Labute approximate surface area is 125 Å². The van der Waals surface area contributed by atoms with Gasteiger partial charge in [0.05, 0.1) is 5.56 Å². The van der Waals surface area contributed by atoms with Crippen LogP contribution in [-0.2, 0) is 13.0 Å². The Morgan fingerprint density at radius 2 is 2.20 bits per heavy atom. The number of carbonyl (C=O) groups is 1. The molecule has 0 fully saturated rings. The summed E-state index contributed by atoms with van der Waals surface area (Å²) < 4.78 is 0.806. The molecule has 0 saturated carbocycles. The summed E-state index contributed by atoms with van der Waals surface area (Å²) in [5.41, 5.74) is 9.66. The van der Waals surface area contributed by atoms with Crippen molar-refractivity contribution in [2.45, 2.75) is 13.0 Å². The van der Waals surface area contributed by atoms with E-state index < -0.39 is 0 Å². The van der Waals surface area contributed by atoms with E-state index in [1.54, 1.807) is 18.5 Å². The third-order valence-corrected chi connectivity index (χ3v) is 3.98. The Morgan fingerprint density at radius 1 is 1.35 bits per heavy atom. The van der Waals surface area contributed by atoms with Crippen LogP contribution in [-0.4, -0.2) is 22.3 Å². The predicted octanol–water partition coefficient (Wildman–Crippen LogP) is 2.62. The van der Waals surface area contributed by atoms with E-state index in [-0.39, 0.29) is 5.91 Å². The fourth-order valence-electron chi connectivity index (χ4n) is 2.49. The van der Waals surface area contributed by atoms with Gasteiger partial charge in [0.15, 0.2) is 0 Å². The van der Waals surface area contributed by atoms with Crippen LogP contribution in [0.25, 0.3) is 0 Å². The van der Waals surface area contributed by atoms with Crippen LogP contribution in [0, 0.1) is 0 Å².